The topological polar surface area (TPSA) is 128 Å². The van der Waals surface area contributed by atoms with Gasteiger partial charge in [-0.05, 0) is 30.3 Å². The smallest absolute Gasteiger partial charge is 0.265 e. The van der Waals surface area contributed by atoms with Gasteiger partial charge in [-0.25, -0.2) is 13.6 Å². The summed E-state index contributed by atoms with van der Waals surface area (Å²) in [5.41, 5.74) is 0.857. The van der Waals surface area contributed by atoms with E-state index in [0.29, 0.717) is 11.4 Å². The Morgan fingerprint density at radius 3 is 2.75 bits per heavy atom. The molecule has 1 aliphatic rings. The van der Waals surface area contributed by atoms with Gasteiger partial charge in [-0.1, -0.05) is 12.1 Å². The van der Waals surface area contributed by atoms with Crippen LogP contribution in [0.25, 0.3) is 0 Å². The molecule has 0 fully saturated rings. The number of carbonyl (C=O) groups is 2. The molecule has 10 heteroatoms. The number of primary sulfonamides is 1. The Morgan fingerprint density at radius 1 is 1.29 bits per heavy atom. The highest BCUT2D eigenvalue weighted by molar-refractivity contribution is 7.89. The van der Waals surface area contributed by atoms with E-state index in [1.54, 1.807) is 24.3 Å². The molecule has 0 atom stereocenters. The van der Waals surface area contributed by atoms with E-state index in [0.717, 1.165) is 0 Å². The van der Waals surface area contributed by atoms with E-state index in [1.165, 1.54) is 30.2 Å². The maximum atomic E-state index is 12.3. The van der Waals surface area contributed by atoms with Gasteiger partial charge < -0.3 is 19.7 Å². The molecule has 3 N–H and O–H groups in total. The summed E-state index contributed by atoms with van der Waals surface area (Å²) in [5, 5.41) is 7.77. The average Bonchev–Trinajstić information content (AvgIpc) is 2.66. The lowest BCUT2D eigenvalue weighted by molar-refractivity contribution is -0.121. The van der Waals surface area contributed by atoms with Crippen LogP contribution >= 0.6 is 0 Å². The molecule has 0 unspecified atom stereocenters. The number of amides is 2. The number of hydrogen-bond acceptors (Lipinski definition) is 6. The molecule has 0 aliphatic carbocycles. The molecular weight excluding hydrogens is 386 g/mol. The first-order valence-electron chi connectivity index (χ1n) is 8.32. The minimum atomic E-state index is -4.02. The molecule has 0 saturated carbocycles. The Bertz CT molecular complexity index is 1020. The molecule has 148 valence electrons. The third-order valence-corrected chi connectivity index (χ3v) is 5.06. The van der Waals surface area contributed by atoms with Crippen LogP contribution in [0.3, 0.4) is 0 Å². The van der Waals surface area contributed by atoms with Gasteiger partial charge in [0.15, 0.2) is 6.61 Å². The van der Waals surface area contributed by atoms with Gasteiger partial charge in [-0.15, -0.1) is 0 Å². The van der Waals surface area contributed by atoms with Gasteiger partial charge in [0.2, 0.25) is 15.9 Å². The number of nitrogens with zero attached hydrogens (tertiary/aromatic N) is 1. The number of nitrogens with one attached hydrogen (secondary N) is 1. The van der Waals surface area contributed by atoms with Crippen molar-refractivity contribution in [2.24, 2.45) is 5.14 Å². The van der Waals surface area contributed by atoms with E-state index in [1.807, 2.05) is 0 Å². The summed E-state index contributed by atoms with van der Waals surface area (Å²) in [4.78, 5) is 25.7. The molecule has 9 nitrogen and oxygen atoms in total. The lowest BCUT2D eigenvalue weighted by Crippen LogP contribution is -2.40. The Hall–Kier alpha value is -3.11. The number of anilines is 2. The van der Waals surface area contributed by atoms with Crippen molar-refractivity contribution in [2.75, 3.05) is 30.5 Å². The quantitative estimate of drug-likeness (QED) is 0.741. The lowest BCUT2D eigenvalue weighted by atomic mass is 10.2. The minimum Gasteiger partial charge on any atom is -0.495 e. The minimum absolute atomic E-state index is 0.0107. The van der Waals surface area contributed by atoms with Crippen molar-refractivity contribution in [2.45, 2.75) is 11.3 Å². The molecule has 0 aromatic heterocycles. The van der Waals surface area contributed by atoms with Crippen molar-refractivity contribution in [3.8, 4) is 11.5 Å². The normalized spacial score (nSPS) is 13.5. The number of ether oxygens (including phenoxy) is 2. The molecule has 3 rings (SSSR count). The number of para-hydroxylation sites is 2. The summed E-state index contributed by atoms with van der Waals surface area (Å²) in [7, 11) is -2.70. The van der Waals surface area contributed by atoms with Gasteiger partial charge >= 0.3 is 0 Å². The lowest BCUT2D eigenvalue weighted by Gasteiger charge is -2.29. The van der Waals surface area contributed by atoms with E-state index in [-0.39, 0.29) is 47.7 Å². The van der Waals surface area contributed by atoms with Crippen LogP contribution in [0.1, 0.15) is 6.42 Å². The number of benzene rings is 2. The van der Waals surface area contributed by atoms with E-state index in [2.05, 4.69) is 5.32 Å². The molecule has 2 aromatic rings. The molecule has 28 heavy (non-hydrogen) atoms. The second kappa shape index (κ2) is 7.87. The van der Waals surface area contributed by atoms with Gasteiger partial charge in [0.1, 0.15) is 16.4 Å². The van der Waals surface area contributed by atoms with Crippen molar-refractivity contribution in [3.63, 3.8) is 0 Å². The van der Waals surface area contributed by atoms with Gasteiger partial charge in [0.25, 0.3) is 5.91 Å². The fourth-order valence-corrected chi connectivity index (χ4v) is 3.54. The van der Waals surface area contributed by atoms with Crippen LogP contribution in [-0.4, -0.2) is 40.5 Å². The highest BCUT2D eigenvalue weighted by atomic mass is 32.2. The maximum absolute atomic E-state index is 12.3. The molecule has 0 radical (unpaired) electrons. The van der Waals surface area contributed by atoms with Crippen molar-refractivity contribution in [3.05, 3.63) is 42.5 Å². The van der Waals surface area contributed by atoms with Gasteiger partial charge in [-0.3, -0.25) is 9.59 Å². The van der Waals surface area contributed by atoms with E-state index >= 15 is 0 Å². The Kier molecular flexibility index (Phi) is 5.52. The van der Waals surface area contributed by atoms with Gasteiger partial charge in [-0.2, -0.15) is 0 Å². The number of hydrogen-bond donors (Lipinski definition) is 2. The summed E-state index contributed by atoms with van der Waals surface area (Å²) >= 11 is 0. The van der Waals surface area contributed by atoms with E-state index in [9.17, 15) is 18.0 Å². The zero-order chi connectivity index (χ0) is 20.3. The third-order valence-electron chi connectivity index (χ3n) is 4.12. The molecule has 1 heterocycles. The molecule has 0 bridgehead atoms. The molecule has 1 aliphatic heterocycles. The van der Waals surface area contributed by atoms with Crippen LogP contribution in [0.2, 0.25) is 0 Å². The van der Waals surface area contributed by atoms with Crippen LogP contribution in [0.5, 0.6) is 11.5 Å². The summed E-state index contributed by atoms with van der Waals surface area (Å²) in [6, 6.07) is 11.2. The van der Waals surface area contributed by atoms with Crippen LogP contribution in [0, 0.1) is 0 Å². The van der Waals surface area contributed by atoms with E-state index in [4.69, 9.17) is 14.6 Å². The monoisotopic (exact) mass is 405 g/mol. The summed E-state index contributed by atoms with van der Waals surface area (Å²) < 4.78 is 33.7. The molecule has 0 saturated heterocycles. The van der Waals surface area contributed by atoms with Crippen molar-refractivity contribution in [1.29, 1.82) is 0 Å². The third kappa shape index (κ3) is 4.24. The molecule has 2 aromatic carbocycles. The Balaban J connectivity index is 1.69. The standard InChI is InChI=1S/C18H19N3O6S/c1-26-15-7-6-12(10-16(15)28(19,24)25)20-17(22)8-9-21-13-4-2-3-5-14(13)27-11-18(21)23/h2-7,10H,8-9,11H2,1H3,(H,20,22)(H2,19,24,25). The molecule has 0 spiro atoms. The number of sulfonamides is 1. The number of nitrogens with two attached hydrogens (primary N) is 1. The van der Waals surface area contributed by atoms with Crippen molar-refractivity contribution >= 4 is 33.2 Å². The molecule has 2 amide bonds. The van der Waals surface area contributed by atoms with Gasteiger partial charge in [0.05, 0.1) is 12.8 Å². The second-order valence-electron chi connectivity index (χ2n) is 6.01. The average molecular weight is 405 g/mol. The Labute approximate surface area is 162 Å². The van der Waals surface area contributed by atoms with E-state index < -0.39 is 10.0 Å². The van der Waals surface area contributed by atoms with Crippen molar-refractivity contribution < 1.29 is 27.5 Å². The van der Waals surface area contributed by atoms with Crippen LogP contribution in [0.4, 0.5) is 11.4 Å². The number of methoxy groups -OCH3 is 1. The SMILES string of the molecule is COc1ccc(NC(=O)CCN2C(=O)COc3ccccc32)cc1S(N)(=O)=O. The van der Waals surface area contributed by atoms with Gasteiger partial charge in [0, 0.05) is 18.7 Å². The van der Waals surface area contributed by atoms with Crippen LogP contribution in [0.15, 0.2) is 47.4 Å². The van der Waals surface area contributed by atoms with Crippen LogP contribution in [-0.2, 0) is 19.6 Å². The first-order valence-corrected chi connectivity index (χ1v) is 9.87. The number of fused-ring (bicyclic) bond motifs is 1. The highest BCUT2D eigenvalue weighted by Gasteiger charge is 2.25. The summed E-state index contributed by atoms with van der Waals surface area (Å²) in [6.07, 6.45) is 0.0107. The van der Waals surface area contributed by atoms with Crippen LogP contribution < -0.4 is 24.8 Å². The fraction of sp³-hybridized carbons (Fsp3) is 0.222. The zero-order valence-corrected chi connectivity index (χ0v) is 15.9. The first kappa shape index (κ1) is 19.6. The molecular formula is C18H19N3O6S. The first-order chi connectivity index (χ1) is 13.3. The predicted octanol–water partition coefficient (Wildman–Crippen LogP) is 1.10. The second-order valence-corrected chi connectivity index (χ2v) is 7.54. The Morgan fingerprint density at radius 2 is 2.04 bits per heavy atom. The largest absolute Gasteiger partial charge is 0.495 e. The number of rotatable bonds is 6. The summed E-state index contributed by atoms with van der Waals surface area (Å²) in [6.45, 7) is 0.0675. The predicted molar refractivity (Wildman–Crippen MR) is 102 cm³/mol. The fourth-order valence-electron chi connectivity index (χ4n) is 2.81. The van der Waals surface area contributed by atoms with Crippen molar-refractivity contribution in [1.82, 2.24) is 0 Å². The zero-order valence-electron chi connectivity index (χ0n) is 15.0. The highest BCUT2D eigenvalue weighted by Crippen LogP contribution is 2.31. The number of carbonyl (C=O) groups excluding carboxylic acids is 2. The maximum Gasteiger partial charge on any atom is 0.265 e. The summed E-state index contributed by atoms with van der Waals surface area (Å²) in [5.74, 6) is 0.0289.